The zero-order valence-corrected chi connectivity index (χ0v) is 11.8. The van der Waals surface area contributed by atoms with Crippen LogP contribution in [0.1, 0.15) is 11.4 Å². The Hall–Kier alpha value is -2.63. The third-order valence-electron chi connectivity index (χ3n) is 2.92. The molecule has 110 valence electrons. The third kappa shape index (κ3) is 4.76. The lowest BCUT2D eigenvalue weighted by molar-refractivity contribution is 0.105. The number of hydrogen-bond acceptors (Lipinski definition) is 4. The Labute approximate surface area is 122 Å². The number of rotatable bonds is 5. The number of ether oxygens (including phenoxy) is 1. The maximum absolute atomic E-state index is 11.8. The molecule has 0 saturated carbocycles. The molecule has 0 spiro atoms. The Balaban J connectivity index is 1.78. The van der Waals surface area contributed by atoms with Crippen LogP contribution in [0.5, 0.6) is 0 Å². The number of nitrogens with zero attached hydrogens (tertiary/aromatic N) is 2. The number of hydrogen-bond donors (Lipinski definition) is 1. The zero-order chi connectivity index (χ0) is 15.1. The van der Waals surface area contributed by atoms with Crippen LogP contribution in [-0.2, 0) is 17.8 Å². The Morgan fingerprint density at radius 2 is 2.05 bits per heavy atom. The SMILES string of the molecule is CN(CCc1nccc(=O)[nH]1)C(=O)OCc1ccccc1. The van der Waals surface area contributed by atoms with Crippen molar-refractivity contribution in [2.45, 2.75) is 13.0 Å². The van der Waals surface area contributed by atoms with Gasteiger partial charge in [0.05, 0.1) is 0 Å². The summed E-state index contributed by atoms with van der Waals surface area (Å²) < 4.78 is 5.20. The Morgan fingerprint density at radius 1 is 1.29 bits per heavy atom. The van der Waals surface area contributed by atoms with Crippen LogP contribution in [0.15, 0.2) is 47.4 Å². The van der Waals surface area contributed by atoms with Crippen LogP contribution in [0, 0.1) is 0 Å². The summed E-state index contributed by atoms with van der Waals surface area (Å²) >= 11 is 0. The van der Waals surface area contributed by atoms with Gasteiger partial charge in [0.15, 0.2) is 0 Å². The summed E-state index contributed by atoms with van der Waals surface area (Å²) in [5.41, 5.74) is 0.739. The van der Waals surface area contributed by atoms with Gasteiger partial charge in [-0.3, -0.25) is 4.79 Å². The first-order chi connectivity index (χ1) is 10.1. The molecule has 0 radical (unpaired) electrons. The second-order valence-corrected chi connectivity index (χ2v) is 4.59. The molecule has 6 nitrogen and oxygen atoms in total. The molecule has 1 N–H and O–H groups in total. The van der Waals surface area contributed by atoms with Gasteiger partial charge in [0.2, 0.25) is 0 Å². The van der Waals surface area contributed by atoms with E-state index < -0.39 is 6.09 Å². The molecule has 0 saturated heterocycles. The highest BCUT2D eigenvalue weighted by molar-refractivity contribution is 5.67. The van der Waals surface area contributed by atoms with Crippen molar-refractivity contribution in [2.24, 2.45) is 0 Å². The maximum atomic E-state index is 11.8. The number of carbonyl (C=O) groups excluding carboxylic acids is 1. The number of aromatic nitrogens is 2. The number of H-pyrrole nitrogens is 1. The largest absolute Gasteiger partial charge is 0.445 e. The summed E-state index contributed by atoms with van der Waals surface area (Å²) in [6, 6.07) is 10.8. The van der Waals surface area contributed by atoms with E-state index in [1.807, 2.05) is 30.3 Å². The monoisotopic (exact) mass is 287 g/mol. The van der Waals surface area contributed by atoms with Crippen LogP contribution in [0.3, 0.4) is 0 Å². The van der Waals surface area contributed by atoms with Crippen molar-refractivity contribution in [1.29, 1.82) is 0 Å². The second-order valence-electron chi connectivity index (χ2n) is 4.59. The number of likely N-dealkylation sites (N-methyl/N-ethyl adjacent to an activating group) is 1. The molecule has 0 aliphatic rings. The van der Waals surface area contributed by atoms with Crippen LogP contribution < -0.4 is 5.56 Å². The molecular formula is C15H17N3O3. The van der Waals surface area contributed by atoms with Crippen LogP contribution in [0.25, 0.3) is 0 Å². The molecule has 1 aromatic heterocycles. The molecule has 0 fully saturated rings. The normalized spacial score (nSPS) is 10.1. The fourth-order valence-electron chi connectivity index (χ4n) is 1.73. The van der Waals surface area contributed by atoms with Crippen molar-refractivity contribution in [3.05, 3.63) is 64.3 Å². The molecule has 0 atom stereocenters. The third-order valence-corrected chi connectivity index (χ3v) is 2.92. The summed E-state index contributed by atoms with van der Waals surface area (Å²) in [5, 5.41) is 0. The number of benzene rings is 1. The van der Waals surface area contributed by atoms with Gasteiger partial charge in [0, 0.05) is 32.3 Å². The molecule has 21 heavy (non-hydrogen) atoms. The summed E-state index contributed by atoms with van der Waals surface area (Å²) in [6.07, 6.45) is 1.51. The van der Waals surface area contributed by atoms with Crippen molar-refractivity contribution in [1.82, 2.24) is 14.9 Å². The van der Waals surface area contributed by atoms with Gasteiger partial charge in [0.1, 0.15) is 12.4 Å². The van der Waals surface area contributed by atoms with Gasteiger partial charge >= 0.3 is 6.09 Å². The minimum Gasteiger partial charge on any atom is -0.445 e. The fraction of sp³-hybridized carbons (Fsp3) is 0.267. The quantitative estimate of drug-likeness (QED) is 0.906. The van der Waals surface area contributed by atoms with Crippen LogP contribution in [-0.4, -0.2) is 34.6 Å². The van der Waals surface area contributed by atoms with Gasteiger partial charge in [-0.25, -0.2) is 9.78 Å². The van der Waals surface area contributed by atoms with E-state index in [1.165, 1.54) is 17.2 Å². The van der Waals surface area contributed by atoms with Crippen molar-refractivity contribution in [3.63, 3.8) is 0 Å². The average Bonchev–Trinajstić information content (AvgIpc) is 2.51. The lowest BCUT2D eigenvalue weighted by Crippen LogP contribution is -2.30. The van der Waals surface area contributed by atoms with Gasteiger partial charge in [-0.1, -0.05) is 30.3 Å². The van der Waals surface area contributed by atoms with Gasteiger partial charge in [-0.05, 0) is 5.56 Å². The van der Waals surface area contributed by atoms with Crippen LogP contribution in [0.2, 0.25) is 0 Å². The van der Waals surface area contributed by atoms with E-state index in [-0.39, 0.29) is 12.2 Å². The first-order valence-corrected chi connectivity index (χ1v) is 6.61. The van der Waals surface area contributed by atoms with Gasteiger partial charge < -0.3 is 14.6 Å². The van der Waals surface area contributed by atoms with Crippen LogP contribution in [0.4, 0.5) is 4.79 Å². The fourth-order valence-corrected chi connectivity index (χ4v) is 1.73. The first kappa shape index (κ1) is 14.8. The smallest absolute Gasteiger partial charge is 0.409 e. The highest BCUT2D eigenvalue weighted by Crippen LogP contribution is 2.02. The van der Waals surface area contributed by atoms with E-state index in [2.05, 4.69) is 9.97 Å². The second kappa shape index (κ2) is 7.23. The Kier molecular flexibility index (Phi) is 5.09. The molecule has 0 aliphatic carbocycles. The standard InChI is InChI=1S/C15H17N3O3/c1-18(10-8-13-16-9-7-14(19)17-13)15(20)21-11-12-5-3-2-4-6-12/h2-7,9H,8,10-11H2,1H3,(H,16,17,19). The highest BCUT2D eigenvalue weighted by atomic mass is 16.6. The molecule has 2 rings (SSSR count). The predicted octanol–water partition coefficient (Wildman–Crippen LogP) is 1.58. The van der Waals surface area contributed by atoms with E-state index in [4.69, 9.17) is 4.74 Å². The average molecular weight is 287 g/mol. The van der Waals surface area contributed by atoms with Crippen molar-refractivity contribution >= 4 is 6.09 Å². The minimum atomic E-state index is -0.405. The van der Waals surface area contributed by atoms with E-state index in [0.717, 1.165) is 5.56 Å². The molecule has 0 unspecified atom stereocenters. The molecule has 6 heteroatoms. The molecule has 1 aromatic carbocycles. The van der Waals surface area contributed by atoms with Gasteiger partial charge in [-0.15, -0.1) is 0 Å². The lowest BCUT2D eigenvalue weighted by Gasteiger charge is -2.16. The van der Waals surface area contributed by atoms with Crippen molar-refractivity contribution < 1.29 is 9.53 Å². The summed E-state index contributed by atoms with van der Waals surface area (Å²) in [4.78, 5) is 31.0. The van der Waals surface area contributed by atoms with Crippen LogP contribution >= 0.6 is 0 Å². The Morgan fingerprint density at radius 3 is 2.76 bits per heavy atom. The summed E-state index contributed by atoms with van der Waals surface area (Å²) in [7, 11) is 1.65. The van der Waals surface area contributed by atoms with Crippen molar-refractivity contribution in [2.75, 3.05) is 13.6 Å². The molecule has 0 aliphatic heterocycles. The predicted molar refractivity (Wildman–Crippen MR) is 77.8 cm³/mol. The highest BCUT2D eigenvalue weighted by Gasteiger charge is 2.10. The summed E-state index contributed by atoms with van der Waals surface area (Å²) in [5.74, 6) is 0.546. The van der Waals surface area contributed by atoms with E-state index in [1.54, 1.807) is 7.05 Å². The zero-order valence-electron chi connectivity index (χ0n) is 11.8. The summed E-state index contributed by atoms with van der Waals surface area (Å²) in [6.45, 7) is 0.658. The van der Waals surface area contributed by atoms with E-state index in [0.29, 0.717) is 18.8 Å². The maximum Gasteiger partial charge on any atom is 0.409 e. The lowest BCUT2D eigenvalue weighted by atomic mass is 10.2. The van der Waals surface area contributed by atoms with Crippen molar-refractivity contribution in [3.8, 4) is 0 Å². The molecular weight excluding hydrogens is 270 g/mol. The number of carbonyl (C=O) groups is 1. The molecule has 2 aromatic rings. The number of nitrogens with one attached hydrogen (secondary N) is 1. The van der Waals surface area contributed by atoms with Gasteiger partial charge in [0.25, 0.3) is 5.56 Å². The Bertz CT molecular complexity index is 640. The van der Waals surface area contributed by atoms with E-state index in [9.17, 15) is 9.59 Å². The number of amides is 1. The molecule has 0 bridgehead atoms. The number of aromatic amines is 1. The first-order valence-electron chi connectivity index (χ1n) is 6.61. The molecule has 1 heterocycles. The minimum absolute atomic E-state index is 0.200. The van der Waals surface area contributed by atoms with Gasteiger partial charge in [-0.2, -0.15) is 0 Å². The topological polar surface area (TPSA) is 75.3 Å². The molecule has 1 amide bonds. The van der Waals surface area contributed by atoms with E-state index >= 15 is 0 Å².